The van der Waals surface area contributed by atoms with Crippen LogP contribution >= 0.6 is 11.3 Å². The summed E-state index contributed by atoms with van der Waals surface area (Å²) in [5.41, 5.74) is 1.65. The van der Waals surface area contributed by atoms with E-state index >= 15 is 0 Å². The molecule has 1 saturated heterocycles. The molecule has 28 heavy (non-hydrogen) atoms. The van der Waals surface area contributed by atoms with Crippen LogP contribution in [0.5, 0.6) is 0 Å². The molecule has 0 unspecified atom stereocenters. The number of hydrogen-bond donors (Lipinski definition) is 0. The molecule has 0 aromatic carbocycles. The molecule has 0 saturated carbocycles. The average molecular weight is 428 g/mol. The lowest BCUT2D eigenvalue weighted by molar-refractivity contribution is -0.137. The Kier molecular flexibility index (Phi) is 6.49. The van der Waals surface area contributed by atoms with Gasteiger partial charge < -0.3 is 9.64 Å². The minimum absolute atomic E-state index is 0.00434. The van der Waals surface area contributed by atoms with Crippen LogP contribution in [0.3, 0.4) is 0 Å². The van der Waals surface area contributed by atoms with E-state index in [9.17, 15) is 18.0 Å². The predicted molar refractivity (Wildman–Crippen MR) is 109 cm³/mol. The molecule has 0 spiro atoms. The number of carbonyl (C=O) groups is 2. The minimum atomic E-state index is -3.09. The van der Waals surface area contributed by atoms with Gasteiger partial charge in [0.05, 0.1) is 17.1 Å². The lowest BCUT2D eigenvalue weighted by Gasteiger charge is -2.29. The number of fused-ring (bicyclic) bond motifs is 1. The Balaban J connectivity index is 1.63. The van der Waals surface area contributed by atoms with Crippen LogP contribution in [0.4, 0.5) is 0 Å². The first-order valence-corrected chi connectivity index (χ1v) is 12.6. The normalized spacial score (nSPS) is 23.4. The fourth-order valence-electron chi connectivity index (χ4n) is 4.01. The molecule has 1 aliphatic heterocycles. The van der Waals surface area contributed by atoms with Gasteiger partial charge in [0.2, 0.25) is 0 Å². The zero-order valence-corrected chi connectivity index (χ0v) is 18.4. The highest BCUT2D eigenvalue weighted by Gasteiger charge is 2.35. The summed E-state index contributed by atoms with van der Waals surface area (Å²) in [7, 11) is -3.09. The minimum Gasteiger partial charge on any atom is -0.452 e. The predicted octanol–water partition coefficient (Wildman–Crippen LogP) is 2.70. The van der Waals surface area contributed by atoms with E-state index in [0.717, 1.165) is 24.8 Å². The number of nitrogens with zero attached hydrogens (tertiary/aromatic N) is 1. The maximum absolute atomic E-state index is 12.7. The number of hydrogen-bond acceptors (Lipinski definition) is 6. The summed E-state index contributed by atoms with van der Waals surface area (Å²) in [5.74, 6) is 0.164. The Morgan fingerprint density at radius 2 is 2.07 bits per heavy atom. The number of sulfone groups is 1. The molecule has 1 aromatic rings. The summed E-state index contributed by atoms with van der Waals surface area (Å²) in [6.45, 7) is 6.29. The summed E-state index contributed by atoms with van der Waals surface area (Å²) in [4.78, 5) is 28.1. The summed E-state index contributed by atoms with van der Waals surface area (Å²) < 4.78 is 29.0. The van der Waals surface area contributed by atoms with E-state index in [4.69, 9.17) is 4.74 Å². The molecule has 8 heteroatoms. The van der Waals surface area contributed by atoms with Crippen molar-refractivity contribution in [2.45, 2.75) is 52.5 Å². The molecule has 0 radical (unpaired) electrons. The van der Waals surface area contributed by atoms with E-state index in [1.807, 2.05) is 19.2 Å². The number of thiophene rings is 1. The van der Waals surface area contributed by atoms with Gasteiger partial charge in [-0.25, -0.2) is 13.2 Å². The van der Waals surface area contributed by atoms with E-state index < -0.39 is 15.8 Å². The molecular formula is C20H29NO5S2. The number of esters is 1. The van der Waals surface area contributed by atoms with Crippen LogP contribution in [0.15, 0.2) is 5.38 Å². The van der Waals surface area contributed by atoms with Gasteiger partial charge in [-0.2, -0.15) is 0 Å². The first kappa shape index (κ1) is 21.3. The van der Waals surface area contributed by atoms with Gasteiger partial charge in [-0.15, -0.1) is 11.3 Å². The second-order valence-corrected chi connectivity index (χ2v) is 11.7. The highest BCUT2D eigenvalue weighted by Crippen LogP contribution is 2.33. The van der Waals surface area contributed by atoms with Crippen molar-refractivity contribution in [2.24, 2.45) is 11.8 Å². The van der Waals surface area contributed by atoms with Crippen molar-refractivity contribution < 1.29 is 22.7 Å². The maximum Gasteiger partial charge on any atom is 0.339 e. The third-order valence-electron chi connectivity index (χ3n) is 5.48. The summed E-state index contributed by atoms with van der Waals surface area (Å²) in [6.07, 6.45) is 3.37. The Morgan fingerprint density at radius 1 is 1.32 bits per heavy atom. The maximum atomic E-state index is 12.7. The Hall–Kier alpha value is -1.41. The van der Waals surface area contributed by atoms with Crippen molar-refractivity contribution >= 4 is 33.1 Å². The van der Waals surface area contributed by atoms with Gasteiger partial charge in [0.25, 0.3) is 5.91 Å². The van der Waals surface area contributed by atoms with Crippen LogP contribution in [0, 0.1) is 11.8 Å². The topological polar surface area (TPSA) is 80.8 Å². The zero-order chi connectivity index (χ0) is 20.5. The third-order valence-corrected chi connectivity index (χ3v) is 8.28. The number of amides is 1. The van der Waals surface area contributed by atoms with Gasteiger partial charge in [-0.1, -0.05) is 20.8 Å². The number of carbonyl (C=O) groups excluding carboxylic acids is 2. The van der Waals surface area contributed by atoms with Crippen molar-refractivity contribution in [3.05, 3.63) is 21.4 Å². The van der Waals surface area contributed by atoms with Crippen molar-refractivity contribution in [2.75, 3.05) is 24.7 Å². The molecule has 0 N–H and O–H groups in total. The molecule has 156 valence electrons. The molecule has 2 heterocycles. The Morgan fingerprint density at radius 3 is 2.71 bits per heavy atom. The second kappa shape index (κ2) is 8.53. The average Bonchev–Trinajstić information content (AvgIpc) is 3.19. The summed E-state index contributed by atoms with van der Waals surface area (Å²) in [5, 5.41) is 1.84. The second-order valence-electron chi connectivity index (χ2n) is 8.47. The van der Waals surface area contributed by atoms with Gasteiger partial charge in [-0.05, 0) is 43.1 Å². The van der Waals surface area contributed by atoms with Crippen molar-refractivity contribution in [3.8, 4) is 0 Å². The molecule has 0 bridgehead atoms. The van der Waals surface area contributed by atoms with Crippen molar-refractivity contribution in [1.82, 2.24) is 4.90 Å². The van der Waals surface area contributed by atoms with E-state index in [0.29, 0.717) is 24.4 Å². The summed E-state index contributed by atoms with van der Waals surface area (Å²) in [6, 6.07) is -0.325. The summed E-state index contributed by atoms with van der Waals surface area (Å²) >= 11 is 1.59. The first-order chi connectivity index (χ1) is 13.2. The van der Waals surface area contributed by atoms with Crippen LogP contribution in [0.25, 0.3) is 0 Å². The molecule has 3 rings (SSSR count). The van der Waals surface area contributed by atoms with Crippen molar-refractivity contribution in [3.63, 3.8) is 0 Å². The van der Waals surface area contributed by atoms with Gasteiger partial charge in [-0.3, -0.25) is 4.79 Å². The highest BCUT2D eigenvalue weighted by molar-refractivity contribution is 7.91. The molecular weight excluding hydrogens is 398 g/mol. The number of rotatable bonds is 6. The van der Waals surface area contributed by atoms with Crippen LogP contribution in [-0.2, 0) is 32.2 Å². The lowest BCUT2D eigenvalue weighted by Crippen LogP contribution is -2.45. The monoisotopic (exact) mass is 427 g/mol. The SMILES string of the molecule is CC(C)CN(C(=O)COC(=O)c1csc2c1CC[C@H](C)C2)[C@H]1CCS(=O)(=O)C1. The smallest absolute Gasteiger partial charge is 0.339 e. The molecule has 6 nitrogen and oxygen atoms in total. The Bertz CT molecular complexity index is 843. The first-order valence-electron chi connectivity index (χ1n) is 9.92. The molecule has 2 atom stereocenters. The molecule has 1 aliphatic carbocycles. The van der Waals surface area contributed by atoms with E-state index in [2.05, 4.69) is 6.92 Å². The van der Waals surface area contributed by atoms with Gasteiger partial charge in [0.15, 0.2) is 16.4 Å². The zero-order valence-electron chi connectivity index (χ0n) is 16.8. The Labute approximate surface area is 171 Å². The quantitative estimate of drug-likeness (QED) is 0.652. The fraction of sp³-hybridized carbons (Fsp3) is 0.700. The van der Waals surface area contributed by atoms with Crippen LogP contribution in [-0.4, -0.2) is 55.9 Å². The van der Waals surface area contributed by atoms with Gasteiger partial charge in [0, 0.05) is 22.8 Å². The third kappa shape index (κ3) is 4.95. The molecule has 1 amide bonds. The van der Waals surface area contributed by atoms with Crippen molar-refractivity contribution in [1.29, 1.82) is 0 Å². The van der Waals surface area contributed by atoms with Gasteiger partial charge >= 0.3 is 5.97 Å². The van der Waals surface area contributed by atoms with Crippen LogP contribution in [0.1, 0.15) is 54.4 Å². The van der Waals surface area contributed by atoms with E-state index in [-0.39, 0.29) is 36.0 Å². The standard InChI is InChI=1S/C20H29NO5S2/c1-13(2)9-21(15-6-7-28(24,25)12-15)19(22)10-26-20(23)17-11-27-18-8-14(3)4-5-16(17)18/h11,13-15H,4-10,12H2,1-3H3/t14-,15-/m0/s1. The van der Waals surface area contributed by atoms with Gasteiger partial charge in [0.1, 0.15) is 0 Å². The number of ether oxygens (including phenoxy) is 1. The van der Waals surface area contributed by atoms with Crippen LogP contribution in [0.2, 0.25) is 0 Å². The fourth-order valence-corrected chi connectivity index (χ4v) is 6.97. The largest absolute Gasteiger partial charge is 0.452 e. The lowest BCUT2D eigenvalue weighted by atomic mass is 9.88. The van der Waals surface area contributed by atoms with E-state index in [1.165, 1.54) is 4.88 Å². The van der Waals surface area contributed by atoms with Crippen LogP contribution < -0.4 is 0 Å². The molecule has 2 aliphatic rings. The van der Waals surface area contributed by atoms with E-state index in [1.54, 1.807) is 16.2 Å². The molecule has 1 fully saturated rings. The highest BCUT2D eigenvalue weighted by atomic mass is 32.2. The molecule has 1 aromatic heterocycles.